The highest BCUT2D eigenvalue weighted by Crippen LogP contribution is 2.14. The fraction of sp³-hybridized carbons (Fsp3) is 0.846. The predicted molar refractivity (Wildman–Crippen MR) is 70.2 cm³/mol. The van der Waals surface area contributed by atoms with Gasteiger partial charge in [0.1, 0.15) is 12.1 Å². The molecule has 0 radical (unpaired) electrons. The van der Waals surface area contributed by atoms with Gasteiger partial charge >= 0.3 is 5.97 Å². The first-order valence-corrected chi connectivity index (χ1v) is 6.61. The number of carbonyl (C=O) groups is 2. The molecule has 0 bridgehead atoms. The summed E-state index contributed by atoms with van der Waals surface area (Å²) in [7, 11) is 1.39. The average molecular weight is 272 g/mol. The molecule has 0 aliphatic carbocycles. The molecule has 1 aliphatic heterocycles. The molecule has 6 nitrogen and oxygen atoms in total. The van der Waals surface area contributed by atoms with E-state index in [4.69, 9.17) is 9.57 Å². The Balaban J connectivity index is 2.52. The molecule has 1 heterocycles. The Morgan fingerprint density at radius 1 is 1.37 bits per heavy atom. The summed E-state index contributed by atoms with van der Waals surface area (Å²) in [5.41, 5.74) is -0.564. The summed E-state index contributed by atoms with van der Waals surface area (Å²) in [5, 5.41) is 4.26. The Morgan fingerprint density at radius 2 is 2.05 bits per heavy atom. The van der Waals surface area contributed by atoms with Crippen LogP contribution in [0.5, 0.6) is 0 Å². The highest BCUT2D eigenvalue weighted by atomic mass is 16.7. The topological polar surface area (TPSA) is 67.9 Å². The summed E-state index contributed by atoms with van der Waals surface area (Å²) < 4.78 is 5.18. The third-order valence-electron chi connectivity index (χ3n) is 2.81. The van der Waals surface area contributed by atoms with Gasteiger partial charge in [-0.3, -0.25) is 14.4 Å². The minimum absolute atomic E-state index is 0.129. The van der Waals surface area contributed by atoms with E-state index in [1.165, 1.54) is 7.11 Å². The van der Waals surface area contributed by atoms with E-state index in [1.807, 2.05) is 0 Å². The molecular formula is C13H24N2O4. The number of esters is 1. The van der Waals surface area contributed by atoms with Crippen molar-refractivity contribution in [3.05, 3.63) is 0 Å². The molecule has 0 saturated carbocycles. The Kier molecular flexibility index (Phi) is 5.75. The fourth-order valence-corrected chi connectivity index (χ4v) is 1.99. The lowest BCUT2D eigenvalue weighted by Gasteiger charge is -2.28. The van der Waals surface area contributed by atoms with Gasteiger partial charge in [0, 0.05) is 6.54 Å². The summed E-state index contributed by atoms with van der Waals surface area (Å²) in [6.07, 6.45) is 1.78. The van der Waals surface area contributed by atoms with Crippen molar-refractivity contribution < 1.29 is 19.2 Å². The summed E-state index contributed by atoms with van der Waals surface area (Å²) in [6.45, 7) is 6.75. The SMILES string of the molecule is CON(CC(=O)OC(C)(C)C)C(=O)[C@@H]1CCCNC1. The molecule has 1 aliphatic rings. The second kappa shape index (κ2) is 6.86. The molecule has 1 saturated heterocycles. The number of nitrogens with one attached hydrogen (secondary N) is 1. The van der Waals surface area contributed by atoms with E-state index in [-0.39, 0.29) is 18.4 Å². The van der Waals surface area contributed by atoms with Crippen LogP contribution in [0.2, 0.25) is 0 Å². The molecule has 1 fully saturated rings. The molecular weight excluding hydrogens is 248 g/mol. The zero-order valence-corrected chi connectivity index (χ0v) is 12.2. The van der Waals surface area contributed by atoms with E-state index in [0.717, 1.165) is 24.4 Å². The summed E-state index contributed by atoms with van der Waals surface area (Å²) >= 11 is 0. The van der Waals surface area contributed by atoms with Crippen LogP contribution >= 0.6 is 0 Å². The predicted octanol–water partition coefficient (Wildman–Crippen LogP) is 0.718. The van der Waals surface area contributed by atoms with Crippen LogP contribution in [0.25, 0.3) is 0 Å². The summed E-state index contributed by atoms with van der Waals surface area (Å²) in [6, 6.07) is 0. The van der Waals surface area contributed by atoms with Crippen molar-refractivity contribution in [3.8, 4) is 0 Å². The maximum Gasteiger partial charge on any atom is 0.328 e. The van der Waals surface area contributed by atoms with E-state index in [0.29, 0.717) is 6.54 Å². The normalized spacial score (nSPS) is 19.9. The summed E-state index contributed by atoms with van der Waals surface area (Å²) in [5.74, 6) is -0.761. The first-order chi connectivity index (χ1) is 8.83. The number of ether oxygens (including phenoxy) is 1. The van der Waals surface area contributed by atoms with Crippen molar-refractivity contribution in [1.29, 1.82) is 0 Å². The number of amides is 1. The van der Waals surface area contributed by atoms with Crippen LogP contribution in [0.3, 0.4) is 0 Å². The maximum absolute atomic E-state index is 12.2. The van der Waals surface area contributed by atoms with Gasteiger partial charge in [0.15, 0.2) is 0 Å². The smallest absolute Gasteiger partial charge is 0.328 e. The molecule has 0 spiro atoms. The Bertz CT molecular complexity index is 319. The van der Waals surface area contributed by atoms with Gasteiger partial charge in [-0.25, -0.2) is 5.06 Å². The average Bonchev–Trinajstić information content (AvgIpc) is 2.34. The molecule has 0 aromatic rings. The molecule has 0 aromatic carbocycles. The second-order valence-corrected chi connectivity index (χ2v) is 5.69. The van der Waals surface area contributed by atoms with Crippen molar-refractivity contribution in [2.75, 3.05) is 26.7 Å². The van der Waals surface area contributed by atoms with E-state index < -0.39 is 11.6 Å². The van der Waals surface area contributed by atoms with Crippen LogP contribution in [-0.2, 0) is 19.2 Å². The van der Waals surface area contributed by atoms with Gasteiger partial charge in [-0.05, 0) is 40.2 Å². The number of nitrogens with zero attached hydrogens (tertiary/aromatic N) is 1. The second-order valence-electron chi connectivity index (χ2n) is 5.69. The quantitative estimate of drug-likeness (QED) is 0.603. The van der Waals surface area contributed by atoms with Crippen LogP contribution in [0.4, 0.5) is 0 Å². The van der Waals surface area contributed by atoms with Crippen LogP contribution < -0.4 is 5.32 Å². The van der Waals surface area contributed by atoms with Gasteiger partial charge in [-0.2, -0.15) is 0 Å². The molecule has 1 atom stereocenters. The first-order valence-electron chi connectivity index (χ1n) is 6.61. The van der Waals surface area contributed by atoms with Crippen molar-refractivity contribution in [1.82, 2.24) is 10.4 Å². The molecule has 1 rings (SSSR count). The zero-order valence-electron chi connectivity index (χ0n) is 12.2. The van der Waals surface area contributed by atoms with Gasteiger partial charge in [-0.15, -0.1) is 0 Å². The Labute approximate surface area is 114 Å². The number of hydrogen-bond acceptors (Lipinski definition) is 5. The van der Waals surface area contributed by atoms with Crippen molar-refractivity contribution >= 4 is 11.9 Å². The first kappa shape index (κ1) is 15.9. The van der Waals surface area contributed by atoms with Gasteiger partial charge in [0.05, 0.1) is 13.0 Å². The van der Waals surface area contributed by atoms with Crippen molar-refractivity contribution in [2.45, 2.75) is 39.2 Å². The van der Waals surface area contributed by atoms with Gasteiger partial charge in [0.25, 0.3) is 5.91 Å². The molecule has 0 aromatic heterocycles. The highest BCUT2D eigenvalue weighted by Gasteiger charge is 2.29. The molecule has 6 heteroatoms. The molecule has 110 valence electrons. The standard InChI is InChI=1S/C13H24N2O4/c1-13(2,3)19-11(16)9-15(18-4)12(17)10-6-5-7-14-8-10/h10,14H,5-9H2,1-4H3/t10-/m1/s1. The number of piperidine rings is 1. The highest BCUT2D eigenvalue weighted by molar-refractivity contribution is 5.83. The van der Waals surface area contributed by atoms with Crippen molar-refractivity contribution in [3.63, 3.8) is 0 Å². The monoisotopic (exact) mass is 272 g/mol. The Morgan fingerprint density at radius 3 is 2.53 bits per heavy atom. The van der Waals surface area contributed by atoms with Gasteiger partial charge in [-0.1, -0.05) is 0 Å². The molecule has 1 N–H and O–H groups in total. The number of carbonyl (C=O) groups excluding carboxylic acids is 2. The third-order valence-corrected chi connectivity index (χ3v) is 2.81. The van der Waals surface area contributed by atoms with E-state index >= 15 is 0 Å². The van der Waals surface area contributed by atoms with Crippen molar-refractivity contribution in [2.24, 2.45) is 5.92 Å². The van der Waals surface area contributed by atoms with Gasteiger partial charge in [0.2, 0.25) is 0 Å². The van der Waals surface area contributed by atoms with Crippen LogP contribution in [-0.4, -0.2) is 49.3 Å². The van der Waals surface area contributed by atoms with E-state index in [9.17, 15) is 9.59 Å². The largest absolute Gasteiger partial charge is 0.459 e. The summed E-state index contributed by atoms with van der Waals surface area (Å²) in [4.78, 5) is 28.9. The number of rotatable bonds is 4. The zero-order chi connectivity index (χ0) is 14.5. The fourth-order valence-electron chi connectivity index (χ4n) is 1.99. The van der Waals surface area contributed by atoms with E-state index in [2.05, 4.69) is 5.32 Å². The molecule has 1 amide bonds. The lowest BCUT2D eigenvalue weighted by atomic mass is 9.99. The third kappa shape index (κ3) is 5.57. The lowest BCUT2D eigenvalue weighted by Crippen LogP contribution is -2.45. The molecule has 19 heavy (non-hydrogen) atoms. The lowest BCUT2D eigenvalue weighted by molar-refractivity contribution is -0.192. The maximum atomic E-state index is 12.2. The van der Waals surface area contributed by atoms with Crippen LogP contribution in [0.15, 0.2) is 0 Å². The Hall–Kier alpha value is -1.14. The number of hydrogen-bond donors (Lipinski definition) is 1. The molecule has 0 unspecified atom stereocenters. The number of hydroxylamine groups is 2. The van der Waals surface area contributed by atoms with Crippen LogP contribution in [0, 0.1) is 5.92 Å². The van der Waals surface area contributed by atoms with Gasteiger partial charge < -0.3 is 10.1 Å². The van der Waals surface area contributed by atoms with Crippen LogP contribution in [0.1, 0.15) is 33.6 Å². The minimum Gasteiger partial charge on any atom is -0.459 e. The van der Waals surface area contributed by atoms with E-state index in [1.54, 1.807) is 20.8 Å². The minimum atomic E-state index is -0.564.